The maximum Gasteiger partial charge on any atom is 0.186 e. The van der Waals surface area contributed by atoms with Gasteiger partial charge in [0.2, 0.25) is 0 Å². The minimum atomic E-state index is -1.84. The van der Waals surface area contributed by atoms with E-state index >= 15 is 0 Å². The molecule has 2 aromatic carbocycles. The molecule has 0 aliphatic carbocycles. The number of ether oxygens (including phenoxy) is 4. The molecule has 14 heteroatoms. The van der Waals surface area contributed by atoms with E-state index in [1.807, 2.05) is 0 Å². The molecule has 2 saturated heterocycles. The van der Waals surface area contributed by atoms with Gasteiger partial charge >= 0.3 is 0 Å². The number of fused-ring (bicyclic) bond motifs is 1. The highest BCUT2D eigenvalue weighted by molar-refractivity contribution is 6.03. The number of benzene rings is 2. The summed E-state index contributed by atoms with van der Waals surface area (Å²) in [5.41, 5.74) is -0.164. The Kier molecular flexibility index (Phi) is 7.89. The average Bonchev–Trinajstić information content (AvgIpc) is 2.92. The Bertz CT molecular complexity index is 1230. The number of phenolic OH excluding ortho intramolecular Hbond substituents is 3. The van der Waals surface area contributed by atoms with Crippen molar-refractivity contribution in [3.05, 3.63) is 47.0 Å². The molecule has 0 bridgehead atoms. The number of carbonyl (C=O) groups excluding carboxylic acids is 1. The molecule has 3 heterocycles. The van der Waals surface area contributed by atoms with E-state index < -0.39 is 97.3 Å². The van der Waals surface area contributed by atoms with Crippen LogP contribution in [0.4, 0.5) is 0 Å². The second-order valence-electron chi connectivity index (χ2n) is 9.97. The molecule has 0 spiro atoms. The second-order valence-corrected chi connectivity index (χ2v) is 9.97. The molecule has 40 heavy (non-hydrogen) atoms. The van der Waals surface area contributed by atoms with Crippen molar-refractivity contribution >= 4 is 5.78 Å². The Hall–Kier alpha value is -3.05. The zero-order chi connectivity index (χ0) is 28.9. The number of rotatable bonds is 5. The molecular weight excluding hydrogens is 536 g/mol. The number of ketones is 1. The summed E-state index contributed by atoms with van der Waals surface area (Å²) in [6.45, 7) is -1.22. The van der Waals surface area contributed by atoms with Crippen LogP contribution in [0, 0.1) is 0 Å². The van der Waals surface area contributed by atoms with Crippen LogP contribution in [0.15, 0.2) is 30.3 Å². The maximum absolute atomic E-state index is 13.2. The summed E-state index contributed by atoms with van der Waals surface area (Å²) in [6, 6.07) is 7.02. The van der Waals surface area contributed by atoms with Crippen molar-refractivity contribution < 1.29 is 69.7 Å². The average molecular weight is 567 g/mol. The molecule has 10 atom stereocenters. The van der Waals surface area contributed by atoms with Crippen molar-refractivity contribution in [3.8, 4) is 23.0 Å². The molecule has 14 nitrogen and oxygen atoms in total. The second kappa shape index (κ2) is 11.1. The molecule has 0 saturated carbocycles. The van der Waals surface area contributed by atoms with Gasteiger partial charge in [-0.3, -0.25) is 4.79 Å². The van der Waals surface area contributed by atoms with Gasteiger partial charge in [-0.05, 0) is 17.7 Å². The van der Waals surface area contributed by atoms with Gasteiger partial charge in [-0.2, -0.15) is 0 Å². The van der Waals surface area contributed by atoms with E-state index in [-0.39, 0.29) is 23.5 Å². The third kappa shape index (κ3) is 4.98. The first-order valence-electron chi connectivity index (χ1n) is 12.5. The summed E-state index contributed by atoms with van der Waals surface area (Å²) in [6.07, 6.45) is -15.8. The molecule has 2 fully saturated rings. The minimum absolute atomic E-state index is 0.0146. The largest absolute Gasteiger partial charge is 0.508 e. The SMILES string of the molecule is O=C1C[C@H](c2ccc(O)cc2)Oc2cc(O)c([C@@H]3O[C@@H](CO)[C@@H](O)[C@@H](O)[C@H]3O[C@@H]3OC[C@@H](O)[C@@H](O)[C@H]3O)c(O)c21. The molecule has 2 aromatic rings. The minimum Gasteiger partial charge on any atom is -0.508 e. The first-order chi connectivity index (χ1) is 19.0. The standard InChI is InChI=1S/C26H30O14/c27-7-16-20(33)22(35)25(40-26-23(36)19(32)13(31)8-37-26)24(39-16)18-12(30)6-15-17(21(18)34)11(29)5-14(38-15)9-1-3-10(28)4-2-9/h1-4,6,13-14,16,19-20,22-28,30-36H,5,7-8H2/t13-,14-,16+,19-,20-,22-,23-,24+,25-,26+/m1/s1. The molecule has 3 aliphatic heterocycles. The molecule has 218 valence electrons. The van der Waals surface area contributed by atoms with Crippen molar-refractivity contribution in [1.29, 1.82) is 0 Å². The van der Waals surface area contributed by atoms with Crippen LogP contribution in [-0.4, -0.2) is 114 Å². The highest BCUT2D eigenvalue weighted by Crippen LogP contribution is 2.50. The van der Waals surface area contributed by atoms with Crippen LogP contribution in [0.3, 0.4) is 0 Å². The topological polar surface area (TPSA) is 236 Å². The van der Waals surface area contributed by atoms with E-state index in [0.29, 0.717) is 5.56 Å². The fraction of sp³-hybridized carbons (Fsp3) is 0.500. The number of aliphatic hydroxyl groups excluding tert-OH is 6. The summed E-state index contributed by atoms with van der Waals surface area (Å²) < 4.78 is 22.5. The van der Waals surface area contributed by atoms with E-state index in [1.54, 1.807) is 12.1 Å². The number of hydrogen-bond acceptors (Lipinski definition) is 14. The van der Waals surface area contributed by atoms with Gasteiger partial charge in [0.15, 0.2) is 12.1 Å². The number of aromatic hydroxyl groups is 3. The van der Waals surface area contributed by atoms with Crippen LogP contribution in [-0.2, 0) is 14.2 Å². The van der Waals surface area contributed by atoms with Crippen LogP contribution >= 0.6 is 0 Å². The molecule has 0 aromatic heterocycles. The Morgan fingerprint density at radius 1 is 0.925 bits per heavy atom. The molecule has 3 aliphatic rings. The van der Waals surface area contributed by atoms with E-state index in [9.17, 15) is 50.8 Å². The molecular formula is C26H30O14. The molecule has 9 N–H and O–H groups in total. The lowest BCUT2D eigenvalue weighted by Crippen LogP contribution is -2.60. The predicted octanol–water partition coefficient (Wildman–Crippen LogP) is -1.51. The number of Topliss-reactive ketones (excluding diaryl/α,β-unsaturated/α-hetero) is 1. The van der Waals surface area contributed by atoms with Gasteiger partial charge in [0.1, 0.15) is 83.5 Å². The number of phenols is 3. The van der Waals surface area contributed by atoms with Gasteiger partial charge in [-0.25, -0.2) is 0 Å². The van der Waals surface area contributed by atoms with Gasteiger partial charge in [0.05, 0.1) is 25.2 Å². The van der Waals surface area contributed by atoms with E-state index in [1.165, 1.54) is 12.1 Å². The van der Waals surface area contributed by atoms with Crippen molar-refractivity contribution in [1.82, 2.24) is 0 Å². The third-order valence-corrected chi connectivity index (χ3v) is 7.36. The normalized spacial score (nSPS) is 36.1. The highest BCUT2D eigenvalue weighted by atomic mass is 16.7. The third-order valence-electron chi connectivity index (χ3n) is 7.36. The monoisotopic (exact) mass is 566 g/mol. The van der Waals surface area contributed by atoms with Crippen LogP contribution in [0.5, 0.6) is 23.0 Å². The van der Waals surface area contributed by atoms with Crippen molar-refractivity contribution in [3.63, 3.8) is 0 Å². The molecule has 0 radical (unpaired) electrons. The number of carbonyl (C=O) groups is 1. The summed E-state index contributed by atoms with van der Waals surface area (Å²) in [4.78, 5) is 13.2. The molecule has 0 amide bonds. The number of hydrogen-bond donors (Lipinski definition) is 9. The summed E-state index contributed by atoms with van der Waals surface area (Å²) in [5.74, 6) is -2.10. The fourth-order valence-corrected chi connectivity index (χ4v) is 5.16. The van der Waals surface area contributed by atoms with Crippen molar-refractivity contribution in [2.24, 2.45) is 0 Å². The fourth-order valence-electron chi connectivity index (χ4n) is 5.16. The summed E-state index contributed by atoms with van der Waals surface area (Å²) in [5, 5.41) is 92.8. The van der Waals surface area contributed by atoms with Crippen LogP contribution in [0.25, 0.3) is 0 Å². The van der Waals surface area contributed by atoms with Crippen molar-refractivity contribution in [2.75, 3.05) is 13.2 Å². The van der Waals surface area contributed by atoms with Gasteiger partial charge in [-0.1, -0.05) is 12.1 Å². The lowest BCUT2D eigenvalue weighted by atomic mass is 9.87. The Balaban J connectivity index is 1.51. The zero-order valence-corrected chi connectivity index (χ0v) is 20.8. The van der Waals surface area contributed by atoms with E-state index in [0.717, 1.165) is 6.07 Å². The van der Waals surface area contributed by atoms with Crippen LogP contribution in [0.2, 0.25) is 0 Å². The Morgan fingerprint density at radius 3 is 2.30 bits per heavy atom. The Morgan fingerprint density at radius 2 is 1.62 bits per heavy atom. The summed E-state index contributed by atoms with van der Waals surface area (Å²) in [7, 11) is 0. The number of aliphatic hydroxyl groups is 6. The van der Waals surface area contributed by atoms with Gasteiger partial charge in [0, 0.05) is 6.07 Å². The van der Waals surface area contributed by atoms with E-state index in [4.69, 9.17) is 18.9 Å². The predicted molar refractivity (Wildman–Crippen MR) is 130 cm³/mol. The Labute approximate surface area is 226 Å². The quantitative estimate of drug-likeness (QED) is 0.200. The van der Waals surface area contributed by atoms with Gasteiger partial charge < -0.3 is 64.9 Å². The highest BCUT2D eigenvalue weighted by Gasteiger charge is 2.51. The lowest BCUT2D eigenvalue weighted by molar-refractivity contribution is -0.325. The smallest absolute Gasteiger partial charge is 0.186 e. The molecule has 0 unspecified atom stereocenters. The summed E-state index contributed by atoms with van der Waals surface area (Å²) >= 11 is 0. The lowest BCUT2D eigenvalue weighted by Gasteiger charge is -2.45. The van der Waals surface area contributed by atoms with Crippen LogP contribution < -0.4 is 4.74 Å². The van der Waals surface area contributed by atoms with E-state index in [2.05, 4.69) is 0 Å². The first-order valence-corrected chi connectivity index (χ1v) is 12.5. The van der Waals surface area contributed by atoms with Crippen molar-refractivity contribution in [2.45, 2.75) is 67.6 Å². The first kappa shape index (κ1) is 28.5. The molecule has 5 rings (SSSR count). The van der Waals surface area contributed by atoms with Crippen LogP contribution in [0.1, 0.15) is 40.1 Å². The van der Waals surface area contributed by atoms with Gasteiger partial charge in [0.25, 0.3) is 0 Å². The maximum atomic E-state index is 13.2. The zero-order valence-electron chi connectivity index (χ0n) is 20.8. The van der Waals surface area contributed by atoms with Gasteiger partial charge in [-0.15, -0.1) is 0 Å².